The molecule has 1 aromatic carbocycles. The van der Waals surface area contributed by atoms with Crippen LogP contribution in [0, 0.1) is 0 Å². The monoisotopic (exact) mass is 286 g/mol. The van der Waals surface area contributed by atoms with Crippen LogP contribution in [0.25, 0.3) is 0 Å². The molecule has 2 aromatic rings. The maximum Gasteiger partial charge on any atom is 0.237 e. The van der Waals surface area contributed by atoms with Crippen molar-refractivity contribution in [3.8, 4) is 0 Å². The Morgan fingerprint density at radius 3 is 2.67 bits per heavy atom. The molecule has 1 heterocycles. The number of aryl methyl sites for hydroxylation is 1. The Balaban J connectivity index is 1.74. The number of rotatable bonds is 7. The summed E-state index contributed by atoms with van der Waals surface area (Å²) >= 11 is 0. The van der Waals surface area contributed by atoms with Crippen LogP contribution in [0.3, 0.4) is 0 Å². The van der Waals surface area contributed by atoms with E-state index in [1.807, 2.05) is 49.4 Å². The lowest BCUT2D eigenvalue weighted by atomic mass is 10.1. The molecule has 1 amide bonds. The topological polar surface area (TPSA) is 68.3 Å². The van der Waals surface area contributed by atoms with E-state index in [0.717, 1.165) is 24.2 Å². The molecule has 0 aliphatic carbocycles. The minimum Gasteiger partial charge on any atom is -0.469 e. The molecule has 4 heteroatoms. The van der Waals surface area contributed by atoms with Crippen LogP contribution in [0.5, 0.6) is 0 Å². The fourth-order valence-electron chi connectivity index (χ4n) is 2.20. The van der Waals surface area contributed by atoms with Crippen LogP contribution in [-0.4, -0.2) is 18.0 Å². The molecule has 0 aliphatic rings. The summed E-state index contributed by atoms with van der Waals surface area (Å²) in [7, 11) is 0. The lowest BCUT2D eigenvalue weighted by molar-refractivity contribution is -0.123. The average molecular weight is 286 g/mol. The van der Waals surface area contributed by atoms with Gasteiger partial charge in [0.25, 0.3) is 0 Å². The van der Waals surface area contributed by atoms with E-state index in [2.05, 4.69) is 5.32 Å². The van der Waals surface area contributed by atoms with Crippen LogP contribution in [0.2, 0.25) is 0 Å². The van der Waals surface area contributed by atoms with Crippen molar-refractivity contribution >= 4 is 5.91 Å². The Bertz CT molecular complexity index is 537. The highest BCUT2D eigenvalue weighted by atomic mass is 16.3. The van der Waals surface area contributed by atoms with Crippen LogP contribution >= 0.6 is 0 Å². The van der Waals surface area contributed by atoms with Gasteiger partial charge in [0.05, 0.1) is 12.3 Å². The molecule has 21 heavy (non-hydrogen) atoms. The van der Waals surface area contributed by atoms with Crippen LogP contribution < -0.4 is 11.1 Å². The van der Waals surface area contributed by atoms with Gasteiger partial charge in [0.15, 0.2) is 0 Å². The molecular weight excluding hydrogens is 264 g/mol. The molecule has 0 aliphatic heterocycles. The van der Waals surface area contributed by atoms with Crippen molar-refractivity contribution in [1.29, 1.82) is 0 Å². The van der Waals surface area contributed by atoms with Gasteiger partial charge < -0.3 is 15.5 Å². The number of benzene rings is 1. The summed E-state index contributed by atoms with van der Waals surface area (Å²) in [5.74, 6) is 0.829. The van der Waals surface area contributed by atoms with E-state index >= 15 is 0 Å². The molecule has 2 atom stereocenters. The lowest BCUT2D eigenvalue weighted by Crippen LogP contribution is -2.45. The molecule has 0 fully saturated rings. The van der Waals surface area contributed by atoms with Gasteiger partial charge in [-0.3, -0.25) is 4.79 Å². The van der Waals surface area contributed by atoms with Crippen molar-refractivity contribution < 1.29 is 9.21 Å². The summed E-state index contributed by atoms with van der Waals surface area (Å²) in [5, 5.41) is 2.96. The van der Waals surface area contributed by atoms with Crippen molar-refractivity contribution in [3.05, 3.63) is 60.1 Å². The number of hydrogen-bond acceptors (Lipinski definition) is 3. The van der Waals surface area contributed by atoms with Gasteiger partial charge in [-0.2, -0.15) is 0 Å². The van der Waals surface area contributed by atoms with Crippen LogP contribution in [-0.2, 0) is 17.6 Å². The number of nitrogens with one attached hydrogen (secondary N) is 1. The molecule has 0 spiro atoms. The summed E-state index contributed by atoms with van der Waals surface area (Å²) in [6.45, 7) is 1.98. The molecule has 0 radical (unpaired) electrons. The van der Waals surface area contributed by atoms with Crippen molar-refractivity contribution in [2.45, 2.75) is 38.3 Å². The zero-order valence-corrected chi connectivity index (χ0v) is 12.3. The second-order valence-corrected chi connectivity index (χ2v) is 5.32. The fraction of sp³-hybridized carbons (Fsp3) is 0.353. The number of hydrogen-bond donors (Lipinski definition) is 2. The first kappa shape index (κ1) is 15.3. The minimum atomic E-state index is -0.515. The Kier molecular flexibility index (Phi) is 5.58. The van der Waals surface area contributed by atoms with Gasteiger partial charge >= 0.3 is 0 Å². The number of amides is 1. The van der Waals surface area contributed by atoms with E-state index in [1.165, 1.54) is 0 Å². The number of furan rings is 1. The molecule has 0 saturated heterocycles. The van der Waals surface area contributed by atoms with E-state index in [-0.39, 0.29) is 11.9 Å². The molecule has 112 valence electrons. The van der Waals surface area contributed by atoms with E-state index in [9.17, 15) is 4.79 Å². The predicted molar refractivity (Wildman–Crippen MR) is 82.8 cm³/mol. The van der Waals surface area contributed by atoms with Gasteiger partial charge in [-0.15, -0.1) is 0 Å². The fourth-order valence-corrected chi connectivity index (χ4v) is 2.20. The zero-order valence-electron chi connectivity index (χ0n) is 12.3. The highest BCUT2D eigenvalue weighted by Crippen LogP contribution is 2.06. The Hall–Kier alpha value is -2.07. The van der Waals surface area contributed by atoms with Crippen LogP contribution in [0.15, 0.2) is 53.1 Å². The van der Waals surface area contributed by atoms with Crippen LogP contribution in [0.4, 0.5) is 0 Å². The minimum absolute atomic E-state index is 0.0735. The first-order valence-corrected chi connectivity index (χ1v) is 7.27. The molecule has 1 aromatic heterocycles. The molecule has 4 nitrogen and oxygen atoms in total. The number of carbonyl (C=O) groups excluding carboxylic acids is 1. The second kappa shape index (κ2) is 7.64. The molecular formula is C17H22N2O2. The van der Waals surface area contributed by atoms with Crippen LogP contribution in [0.1, 0.15) is 24.7 Å². The molecule has 1 unspecified atom stereocenters. The zero-order chi connectivity index (χ0) is 15.1. The van der Waals surface area contributed by atoms with Gasteiger partial charge in [-0.05, 0) is 37.5 Å². The molecule has 2 rings (SSSR count). The molecule has 3 N–H and O–H groups in total. The van der Waals surface area contributed by atoms with Crippen molar-refractivity contribution in [2.24, 2.45) is 5.73 Å². The molecule has 0 saturated carbocycles. The van der Waals surface area contributed by atoms with E-state index < -0.39 is 6.04 Å². The predicted octanol–water partition coefficient (Wildman–Crippen LogP) is 2.29. The first-order valence-electron chi connectivity index (χ1n) is 7.27. The standard InChI is InChI=1S/C17H22N2O2/c1-13(9-10-15-8-5-11-21-15)19-17(20)16(18)12-14-6-3-2-4-7-14/h2-8,11,13,16H,9-10,12,18H2,1H3,(H,19,20)/t13?,16-/m1/s1. The van der Waals surface area contributed by atoms with E-state index in [1.54, 1.807) is 6.26 Å². The Morgan fingerprint density at radius 1 is 1.24 bits per heavy atom. The summed E-state index contributed by atoms with van der Waals surface area (Å²) in [6, 6.07) is 13.2. The third kappa shape index (κ3) is 5.08. The lowest BCUT2D eigenvalue weighted by Gasteiger charge is -2.17. The van der Waals surface area contributed by atoms with E-state index in [4.69, 9.17) is 10.2 Å². The summed E-state index contributed by atoms with van der Waals surface area (Å²) in [5.41, 5.74) is 7.03. The first-order chi connectivity index (χ1) is 10.1. The number of nitrogens with two attached hydrogens (primary N) is 1. The maximum absolute atomic E-state index is 12.1. The van der Waals surface area contributed by atoms with Gasteiger partial charge in [0.1, 0.15) is 5.76 Å². The van der Waals surface area contributed by atoms with E-state index in [0.29, 0.717) is 6.42 Å². The largest absolute Gasteiger partial charge is 0.469 e. The average Bonchev–Trinajstić information content (AvgIpc) is 2.99. The van der Waals surface area contributed by atoms with Gasteiger partial charge in [-0.25, -0.2) is 0 Å². The third-order valence-electron chi connectivity index (χ3n) is 3.43. The second-order valence-electron chi connectivity index (χ2n) is 5.32. The highest BCUT2D eigenvalue weighted by Gasteiger charge is 2.16. The van der Waals surface area contributed by atoms with Gasteiger partial charge in [0.2, 0.25) is 5.91 Å². The smallest absolute Gasteiger partial charge is 0.237 e. The quantitative estimate of drug-likeness (QED) is 0.820. The highest BCUT2D eigenvalue weighted by molar-refractivity contribution is 5.82. The Labute approximate surface area is 125 Å². The SMILES string of the molecule is CC(CCc1ccco1)NC(=O)[C@H](N)Cc1ccccc1. The summed E-state index contributed by atoms with van der Waals surface area (Å²) < 4.78 is 5.28. The van der Waals surface area contributed by atoms with Gasteiger partial charge in [-0.1, -0.05) is 30.3 Å². The van der Waals surface area contributed by atoms with Crippen molar-refractivity contribution in [3.63, 3.8) is 0 Å². The summed E-state index contributed by atoms with van der Waals surface area (Å²) in [4.78, 5) is 12.1. The van der Waals surface area contributed by atoms with Gasteiger partial charge in [0, 0.05) is 12.5 Å². The summed E-state index contributed by atoms with van der Waals surface area (Å²) in [6.07, 6.45) is 3.85. The Morgan fingerprint density at radius 2 is 2.00 bits per heavy atom. The van der Waals surface area contributed by atoms with Crippen molar-refractivity contribution in [2.75, 3.05) is 0 Å². The van der Waals surface area contributed by atoms with Crippen molar-refractivity contribution in [1.82, 2.24) is 5.32 Å². The third-order valence-corrected chi connectivity index (χ3v) is 3.43. The maximum atomic E-state index is 12.1. The number of carbonyl (C=O) groups is 1. The molecule has 0 bridgehead atoms. The normalized spacial score (nSPS) is 13.6.